The maximum atomic E-state index is 11.0. The highest BCUT2D eigenvalue weighted by Crippen LogP contribution is 2.33. The Balaban J connectivity index is 1.60. The summed E-state index contributed by atoms with van der Waals surface area (Å²) in [5.74, 6) is -0.0606. The molecule has 2 aromatic rings. The zero-order valence-corrected chi connectivity index (χ0v) is 13.1. The molecule has 0 bridgehead atoms. The van der Waals surface area contributed by atoms with E-state index in [1.54, 1.807) is 11.8 Å². The summed E-state index contributed by atoms with van der Waals surface area (Å²) in [5, 5.41) is 8.40. The number of hydrogen-bond acceptors (Lipinski definition) is 4. The molecule has 0 aliphatic carbocycles. The maximum absolute atomic E-state index is 11.0. The number of nitrogens with one attached hydrogen (secondary N) is 2. The normalized spacial score (nSPS) is 16.8. The van der Waals surface area contributed by atoms with E-state index in [0.717, 1.165) is 22.7 Å². The molecule has 1 unspecified atom stereocenters. The molecule has 0 fully saturated rings. The molecule has 0 spiro atoms. The summed E-state index contributed by atoms with van der Waals surface area (Å²) in [6.07, 6.45) is 0.846. The lowest BCUT2D eigenvalue weighted by Crippen LogP contribution is -2.08. The van der Waals surface area contributed by atoms with E-state index in [-0.39, 0.29) is 11.3 Å². The van der Waals surface area contributed by atoms with Gasteiger partial charge in [-0.1, -0.05) is 54.2 Å². The SMILES string of the molecule is CC(=O)Nc1ccc(C2NN=C(Cc3ccccc3)S2)cc1. The number of rotatable bonds is 4. The van der Waals surface area contributed by atoms with E-state index in [2.05, 4.69) is 28.0 Å². The summed E-state index contributed by atoms with van der Waals surface area (Å²) in [7, 11) is 0. The predicted molar refractivity (Wildman–Crippen MR) is 91.8 cm³/mol. The van der Waals surface area contributed by atoms with Crippen molar-refractivity contribution in [2.45, 2.75) is 18.7 Å². The molecule has 1 amide bonds. The van der Waals surface area contributed by atoms with Gasteiger partial charge in [0.15, 0.2) is 0 Å². The van der Waals surface area contributed by atoms with Crippen LogP contribution in [-0.2, 0) is 11.2 Å². The lowest BCUT2D eigenvalue weighted by atomic mass is 10.2. The number of carbonyl (C=O) groups is 1. The van der Waals surface area contributed by atoms with Gasteiger partial charge in [0.25, 0.3) is 0 Å². The second-order valence-corrected chi connectivity index (χ2v) is 6.28. The fourth-order valence-corrected chi connectivity index (χ4v) is 3.28. The second-order valence-electron chi connectivity index (χ2n) is 5.10. The topological polar surface area (TPSA) is 53.5 Å². The average molecular weight is 311 g/mol. The first-order valence-corrected chi connectivity index (χ1v) is 7.99. The van der Waals surface area contributed by atoms with Crippen molar-refractivity contribution in [2.75, 3.05) is 5.32 Å². The van der Waals surface area contributed by atoms with Gasteiger partial charge in [0, 0.05) is 19.0 Å². The second kappa shape index (κ2) is 6.66. The largest absolute Gasteiger partial charge is 0.326 e. The van der Waals surface area contributed by atoms with Crippen molar-refractivity contribution in [3.05, 3.63) is 65.7 Å². The molecule has 0 saturated heterocycles. The van der Waals surface area contributed by atoms with Crippen LogP contribution in [0.15, 0.2) is 59.7 Å². The van der Waals surface area contributed by atoms with E-state index >= 15 is 0 Å². The van der Waals surface area contributed by atoms with Gasteiger partial charge in [-0.2, -0.15) is 5.10 Å². The van der Waals surface area contributed by atoms with Gasteiger partial charge in [-0.25, -0.2) is 0 Å². The zero-order chi connectivity index (χ0) is 15.4. The van der Waals surface area contributed by atoms with E-state index in [1.807, 2.05) is 42.5 Å². The predicted octanol–water partition coefficient (Wildman–Crippen LogP) is 3.54. The van der Waals surface area contributed by atoms with Crippen molar-refractivity contribution in [3.8, 4) is 0 Å². The molecule has 2 N–H and O–H groups in total. The van der Waals surface area contributed by atoms with Crippen LogP contribution in [0, 0.1) is 0 Å². The van der Waals surface area contributed by atoms with Crippen LogP contribution in [0.3, 0.4) is 0 Å². The minimum Gasteiger partial charge on any atom is -0.326 e. The van der Waals surface area contributed by atoms with Crippen LogP contribution in [0.5, 0.6) is 0 Å². The molecule has 1 atom stereocenters. The van der Waals surface area contributed by atoms with Gasteiger partial charge in [0.05, 0.1) is 5.04 Å². The van der Waals surface area contributed by atoms with Crippen molar-refractivity contribution in [1.82, 2.24) is 5.43 Å². The van der Waals surface area contributed by atoms with Crippen LogP contribution in [0.1, 0.15) is 23.4 Å². The Labute approximate surface area is 134 Å². The van der Waals surface area contributed by atoms with Crippen LogP contribution in [0.25, 0.3) is 0 Å². The molecule has 4 nitrogen and oxygen atoms in total. The quantitative estimate of drug-likeness (QED) is 0.908. The van der Waals surface area contributed by atoms with Gasteiger partial charge in [-0.05, 0) is 23.3 Å². The fourth-order valence-electron chi connectivity index (χ4n) is 2.26. The Morgan fingerprint density at radius 1 is 1.18 bits per heavy atom. The van der Waals surface area contributed by atoms with Crippen molar-refractivity contribution in [1.29, 1.82) is 0 Å². The smallest absolute Gasteiger partial charge is 0.221 e. The molecule has 22 heavy (non-hydrogen) atoms. The van der Waals surface area contributed by atoms with Gasteiger partial charge in [-0.3, -0.25) is 10.2 Å². The highest BCUT2D eigenvalue weighted by atomic mass is 32.2. The third kappa shape index (κ3) is 3.68. The third-order valence-electron chi connectivity index (χ3n) is 3.29. The molecule has 0 saturated carbocycles. The fraction of sp³-hybridized carbons (Fsp3) is 0.176. The van der Waals surface area contributed by atoms with E-state index in [1.165, 1.54) is 12.5 Å². The lowest BCUT2D eigenvalue weighted by molar-refractivity contribution is -0.114. The maximum Gasteiger partial charge on any atom is 0.221 e. The van der Waals surface area contributed by atoms with Gasteiger partial charge in [-0.15, -0.1) is 0 Å². The van der Waals surface area contributed by atoms with Gasteiger partial charge in [0.2, 0.25) is 5.91 Å². The lowest BCUT2D eigenvalue weighted by Gasteiger charge is -2.10. The summed E-state index contributed by atoms with van der Waals surface area (Å²) in [4.78, 5) is 11.0. The first kappa shape index (κ1) is 14.7. The number of hydrazone groups is 1. The highest BCUT2D eigenvalue weighted by molar-refractivity contribution is 8.14. The number of amides is 1. The Hall–Kier alpha value is -2.27. The summed E-state index contributed by atoms with van der Waals surface area (Å²) in [6.45, 7) is 1.51. The summed E-state index contributed by atoms with van der Waals surface area (Å²) >= 11 is 1.73. The van der Waals surface area contributed by atoms with Crippen molar-refractivity contribution >= 4 is 28.4 Å². The minimum absolute atomic E-state index is 0.0606. The molecule has 2 aromatic carbocycles. The minimum atomic E-state index is -0.0606. The van der Waals surface area contributed by atoms with Crippen molar-refractivity contribution in [3.63, 3.8) is 0 Å². The average Bonchev–Trinajstić information content (AvgIpc) is 2.97. The Morgan fingerprint density at radius 3 is 2.59 bits per heavy atom. The Kier molecular flexibility index (Phi) is 4.44. The number of hydrogen-bond donors (Lipinski definition) is 2. The Bertz CT molecular complexity index is 683. The number of thioether (sulfide) groups is 1. The van der Waals surface area contributed by atoms with Crippen LogP contribution in [0.2, 0.25) is 0 Å². The number of anilines is 1. The molecule has 1 heterocycles. The molecule has 1 aliphatic heterocycles. The first-order chi connectivity index (χ1) is 10.7. The van der Waals surface area contributed by atoms with Crippen molar-refractivity contribution < 1.29 is 4.79 Å². The molecular weight excluding hydrogens is 294 g/mol. The number of benzene rings is 2. The monoisotopic (exact) mass is 311 g/mol. The van der Waals surface area contributed by atoms with E-state index in [4.69, 9.17) is 0 Å². The first-order valence-electron chi connectivity index (χ1n) is 7.11. The molecule has 0 radical (unpaired) electrons. The van der Waals surface area contributed by atoms with Gasteiger partial charge < -0.3 is 5.32 Å². The number of nitrogens with zero attached hydrogens (tertiary/aromatic N) is 1. The van der Waals surface area contributed by atoms with E-state index < -0.39 is 0 Å². The molecule has 112 valence electrons. The van der Waals surface area contributed by atoms with Crippen LogP contribution >= 0.6 is 11.8 Å². The number of carbonyl (C=O) groups excluding carboxylic acids is 1. The highest BCUT2D eigenvalue weighted by Gasteiger charge is 2.20. The molecule has 1 aliphatic rings. The molecule has 5 heteroatoms. The van der Waals surface area contributed by atoms with Crippen molar-refractivity contribution in [2.24, 2.45) is 5.10 Å². The molecular formula is C17H17N3OS. The Morgan fingerprint density at radius 2 is 1.91 bits per heavy atom. The van der Waals surface area contributed by atoms with Crippen LogP contribution < -0.4 is 10.7 Å². The zero-order valence-electron chi connectivity index (χ0n) is 12.2. The van der Waals surface area contributed by atoms with Gasteiger partial charge in [0.1, 0.15) is 5.37 Å². The van der Waals surface area contributed by atoms with Gasteiger partial charge >= 0.3 is 0 Å². The third-order valence-corrected chi connectivity index (χ3v) is 4.41. The standard InChI is InChI=1S/C17H17N3OS/c1-12(21)18-15-9-7-14(8-10-15)17-20-19-16(22-17)11-13-5-3-2-4-6-13/h2-10,17,20H,11H2,1H3,(H,18,21). The molecule has 0 aromatic heterocycles. The van der Waals surface area contributed by atoms with Crippen LogP contribution in [0.4, 0.5) is 5.69 Å². The van der Waals surface area contributed by atoms with Crippen LogP contribution in [-0.4, -0.2) is 11.0 Å². The summed E-state index contributed by atoms with van der Waals surface area (Å²) in [6, 6.07) is 18.2. The van der Waals surface area contributed by atoms with E-state index in [9.17, 15) is 4.79 Å². The summed E-state index contributed by atoms with van der Waals surface area (Å²) in [5.41, 5.74) is 6.38. The molecule has 3 rings (SSSR count). The van der Waals surface area contributed by atoms with E-state index in [0.29, 0.717) is 0 Å². The summed E-state index contributed by atoms with van der Waals surface area (Å²) < 4.78 is 0.